The van der Waals surface area contributed by atoms with Crippen molar-refractivity contribution in [3.8, 4) is 6.07 Å². The molecule has 0 saturated carbocycles. The van der Waals surface area contributed by atoms with Crippen molar-refractivity contribution in [2.45, 2.75) is 0 Å². The number of nitrogens with zero attached hydrogens (tertiary/aromatic N) is 5. The Bertz CT molecular complexity index is 272. The van der Waals surface area contributed by atoms with Gasteiger partial charge in [0.15, 0.2) is 0 Å². The predicted octanol–water partition coefficient (Wildman–Crippen LogP) is -0.379. The minimum atomic E-state index is -0.0301. The summed E-state index contributed by atoms with van der Waals surface area (Å²) in [7, 11) is 0. The van der Waals surface area contributed by atoms with Crippen LogP contribution in [0.15, 0.2) is 9.98 Å². The number of hydrogen-bond donors (Lipinski definition) is 0. The van der Waals surface area contributed by atoms with Gasteiger partial charge in [0.05, 0.1) is 0 Å². The Kier molecular flexibility index (Phi) is 1.18. The Morgan fingerprint density at radius 1 is 1.78 bits per heavy atom. The van der Waals surface area contributed by atoms with Crippen molar-refractivity contribution in [2.24, 2.45) is 9.98 Å². The second kappa shape index (κ2) is 1.99. The van der Waals surface area contributed by atoms with Gasteiger partial charge in [-0.1, -0.05) is 0 Å². The van der Waals surface area contributed by atoms with Crippen molar-refractivity contribution < 1.29 is 4.79 Å². The van der Waals surface area contributed by atoms with Crippen molar-refractivity contribution in [1.82, 2.24) is 0 Å². The lowest BCUT2D eigenvalue weighted by Gasteiger charge is -1.69. The molecular formula is C4HN5. The van der Waals surface area contributed by atoms with Gasteiger partial charge in [0.25, 0.3) is 5.71 Å². The Morgan fingerprint density at radius 3 is 3.00 bits per heavy atom. The lowest BCUT2D eigenvalue weighted by Crippen LogP contribution is -2.05. The summed E-state index contributed by atoms with van der Waals surface area (Å²) in [6.45, 7) is 0. The van der Waals surface area contributed by atoms with E-state index in [0.29, 0.717) is 0 Å². The van der Waals surface area contributed by atoms with Crippen LogP contribution in [0.1, 0.15) is 0 Å². The minimum Gasteiger partial charge on any atom is -0.497 e. The largest absolute Gasteiger partial charge is 0.497 e. The lowest BCUT2D eigenvalue weighted by atomic mass is 10.4. The highest BCUT2D eigenvalue weighted by Gasteiger charge is 2.20. The SMILES string of the molecule is N#CC1=NC=NC1=[N+]=[N-]. The van der Waals surface area contributed by atoms with E-state index < -0.39 is 0 Å². The van der Waals surface area contributed by atoms with Gasteiger partial charge in [-0.2, -0.15) is 10.3 Å². The highest BCUT2D eigenvalue weighted by Crippen LogP contribution is 1.88. The molecule has 0 radical (unpaired) electrons. The highest BCUT2D eigenvalue weighted by molar-refractivity contribution is 6.49. The summed E-state index contributed by atoms with van der Waals surface area (Å²) >= 11 is 0. The number of aliphatic imine (C=N–C) groups is 2. The van der Waals surface area contributed by atoms with Gasteiger partial charge in [-0.25, -0.2) is 0 Å². The zero-order valence-corrected chi connectivity index (χ0v) is 4.31. The average molecular weight is 119 g/mol. The maximum atomic E-state index is 8.21. The number of amidine groups is 1. The Hall–Kier alpha value is -1.79. The van der Waals surface area contributed by atoms with Gasteiger partial charge >= 0.3 is 5.84 Å². The summed E-state index contributed by atoms with van der Waals surface area (Å²) in [5.41, 5.74) is 8.15. The average Bonchev–Trinajstić information content (AvgIpc) is 2.33. The molecule has 0 aliphatic carbocycles. The first-order valence-electron chi connectivity index (χ1n) is 2.11. The summed E-state index contributed by atoms with van der Waals surface area (Å²) in [5, 5.41) is 8.21. The summed E-state index contributed by atoms with van der Waals surface area (Å²) in [6.07, 6.45) is 1.16. The molecule has 0 bridgehead atoms. The van der Waals surface area contributed by atoms with Crippen LogP contribution < -0.4 is 0 Å². The van der Waals surface area contributed by atoms with E-state index in [1.54, 1.807) is 6.07 Å². The quantitative estimate of drug-likeness (QED) is 0.316. The molecule has 0 amide bonds. The molecule has 1 aliphatic rings. The van der Waals surface area contributed by atoms with Crippen LogP contribution >= 0.6 is 0 Å². The molecule has 0 fully saturated rings. The van der Waals surface area contributed by atoms with Crippen LogP contribution in [0.3, 0.4) is 0 Å². The van der Waals surface area contributed by atoms with E-state index >= 15 is 0 Å². The van der Waals surface area contributed by atoms with Crippen LogP contribution in [-0.4, -0.2) is 22.7 Å². The number of rotatable bonds is 0. The summed E-state index contributed by atoms with van der Waals surface area (Å²) in [4.78, 5) is 9.64. The van der Waals surface area contributed by atoms with E-state index in [0.717, 1.165) is 6.34 Å². The molecule has 0 saturated heterocycles. The normalized spacial score (nSPS) is 14.6. The van der Waals surface area contributed by atoms with E-state index in [-0.39, 0.29) is 11.5 Å². The van der Waals surface area contributed by atoms with Crippen LogP contribution in [0, 0.1) is 11.3 Å². The molecule has 0 atom stereocenters. The van der Waals surface area contributed by atoms with Gasteiger partial charge in [-0.05, 0) is 4.99 Å². The van der Waals surface area contributed by atoms with Gasteiger partial charge in [0.1, 0.15) is 6.07 Å². The van der Waals surface area contributed by atoms with Crippen LogP contribution in [-0.2, 0) is 0 Å². The molecule has 9 heavy (non-hydrogen) atoms. The van der Waals surface area contributed by atoms with Crippen molar-refractivity contribution in [1.29, 1.82) is 5.26 Å². The first kappa shape index (κ1) is 5.35. The van der Waals surface area contributed by atoms with Gasteiger partial charge in [0, 0.05) is 0 Å². The van der Waals surface area contributed by atoms with Gasteiger partial charge in [-0.15, -0.1) is 0 Å². The molecular weight excluding hydrogens is 118 g/mol. The molecule has 0 aromatic rings. The number of hydrogen-bond acceptors (Lipinski definition) is 2. The standard InChI is InChI=1S/C4HN5/c5-1-3-4(9-6)8-2-7-3/h2H. The fourth-order valence-corrected chi connectivity index (χ4v) is 0.412. The maximum Gasteiger partial charge on any atom is 0.439 e. The smallest absolute Gasteiger partial charge is 0.439 e. The second-order valence-electron chi connectivity index (χ2n) is 1.26. The topological polar surface area (TPSA) is 84.9 Å². The van der Waals surface area contributed by atoms with Crippen LogP contribution in [0.4, 0.5) is 0 Å². The molecule has 0 aromatic heterocycles. The van der Waals surface area contributed by atoms with E-state index in [9.17, 15) is 0 Å². The van der Waals surface area contributed by atoms with Gasteiger partial charge < -0.3 is 10.3 Å². The van der Waals surface area contributed by atoms with E-state index in [4.69, 9.17) is 10.8 Å². The van der Waals surface area contributed by atoms with Crippen molar-refractivity contribution in [3.63, 3.8) is 0 Å². The molecule has 1 aliphatic heterocycles. The fourth-order valence-electron chi connectivity index (χ4n) is 0.412. The molecule has 42 valence electrons. The van der Waals surface area contributed by atoms with E-state index in [1.165, 1.54) is 0 Å². The zero-order valence-electron chi connectivity index (χ0n) is 4.31. The Labute approximate surface area is 50.6 Å². The third kappa shape index (κ3) is 0.738. The molecule has 5 nitrogen and oxygen atoms in total. The predicted molar refractivity (Wildman–Crippen MR) is 30.2 cm³/mol. The number of nitriles is 1. The van der Waals surface area contributed by atoms with Crippen LogP contribution in [0.25, 0.3) is 5.53 Å². The third-order valence-electron chi connectivity index (χ3n) is 0.779. The van der Waals surface area contributed by atoms with E-state index in [2.05, 4.69) is 14.8 Å². The van der Waals surface area contributed by atoms with Crippen LogP contribution in [0.2, 0.25) is 0 Å². The maximum absolute atomic E-state index is 8.21. The Morgan fingerprint density at radius 2 is 2.56 bits per heavy atom. The lowest BCUT2D eigenvalue weighted by molar-refractivity contribution is -0.00265. The summed E-state index contributed by atoms with van der Waals surface area (Å²) in [5.74, 6) is -0.0301. The van der Waals surface area contributed by atoms with E-state index in [1.807, 2.05) is 0 Å². The minimum absolute atomic E-state index is 0.0301. The molecule has 1 rings (SSSR count). The molecule has 0 unspecified atom stereocenters. The molecule has 0 spiro atoms. The first-order chi connectivity index (χ1) is 4.38. The van der Waals surface area contributed by atoms with Crippen molar-refractivity contribution >= 4 is 17.9 Å². The van der Waals surface area contributed by atoms with Crippen molar-refractivity contribution in [3.05, 3.63) is 5.53 Å². The summed E-state index contributed by atoms with van der Waals surface area (Å²) < 4.78 is 0. The van der Waals surface area contributed by atoms with Crippen molar-refractivity contribution in [2.75, 3.05) is 0 Å². The van der Waals surface area contributed by atoms with Gasteiger partial charge in [0.2, 0.25) is 6.34 Å². The monoisotopic (exact) mass is 119 g/mol. The fraction of sp³-hybridized carbons (Fsp3) is 0. The first-order valence-corrected chi connectivity index (χ1v) is 2.11. The third-order valence-corrected chi connectivity index (χ3v) is 0.779. The van der Waals surface area contributed by atoms with Crippen LogP contribution in [0.5, 0.6) is 0 Å². The second-order valence-corrected chi connectivity index (χ2v) is 1.26. The highest BCUT2D eigenvalue weighted by atomic mass is 15.0. The molecule has 5 heteroatoms. The van der Waals surface area contributed by atoms with Gasteiger partial charge in [-0.3, -0.25) is 0 Å². The molecule has 1 heterocycles. The summed E-state index contributed by atoms with van der Waals surface area (Å²) in [6, 6.07) is 1.70. The molecule has 0 N–H and O–H groups in total. The molecule has 0 aromatic carbocycles. The zero-order chi connectivity index (χ0) is 6.69. The Balaban J connectivity index is 3.09.